The first-order valence-electron chi connectivity index (χ1n) is 7.34. The van der Waals surface area contributed by atoms with E-state index in [9.17, 15) is 9.59 Å². The van der Waals surface area contributed by atoms with Crippen LogP contribution in [0.5, 0.6) is 0 Å². The molecule has 0 saturated heterocycles. The average Bonchev–Trinajstić information content (AvgIpc) is 2.67. The van der Waals surface area contributed by atoms with E-state index in [2.05, 4.69) is 13.8 Å². The maximum atomic E-state index is 11.7. The van der Waals surface area contributed by atoms with Crippen molar-refractivity contribution in [1.29, 1.82) is 0 Å². The van der Waals surface area contributed by atoms with Crippen LogP contribution in [-0.4, -0.2) is 18.4 Å². The van der Waals surface area contributed by atoms with Gasteiger partial charge in [0.15, 0.2) is 0 Å². The number of ether oxygens (including phenoxy) is 1. The van der Waals surface area contributed by atoms with E-state index in [4.69, 9.17) is 4.74 Å². The molecule has 0 radical (unpaired) electrons. The van der Waals surface area contributed by atoms with Gasteiger partial charge in [0.25, 0.3) is 0 Å². The van der Waals surface area contributed by atoms with Crippen LogP contribution in [0.3, 0.4) is 0 Å². The Kier molecular flexibility index (Phi) is 6.99. The maximum Gasteiger partial charge on any atom is 0.306 e. The van der Waals surface area contributed by atoms with Gasteiger partial charge in [0.05, 0.1) is 6.61 Å². The summed E-state index contributed by atoms with van der Waals surface area (Å²) in [5, 5.41) is 0. The molecule has 0 bridgehead atoms. The topological polar surface area (TPSA) is 43.4 Å². The standard InChI is InChI=1S/C15H26O3/c1-3-5-7-12-9-14(16)10-13(12)11-15(17)18-8-6-4-2/h12-13H,3-11H2,1-2H3. The summed E-state index contributed by atoms with van der Waals surface area (Å²) in [6.07, 6.45) is 7.03. The minimum absolute atomic E-state index is 0.121. The summed E-state index contributed by atoms with van der Waals surface area (Å²) in [7, 11) is 0. The summed E-state index contributed by atoms with van der Waals surface area (Å²) in [6, 6.07) is 0. The summed E-state index contributed by atoms with van der Waals surface area (Å²) >= 11 is 0. The van der Waals surface area contributed by atoms with Gasteiger partial charge in [-0.15, -0.1) is 0 Å². The summed E-state index contributed by atoms with van der Waals surface area (Å²) in [4.78, 5) is 23.2. The van der Waals surface area contributed by atoms with Crippen molar-refractivity contribution in [1.82, 2.24) is 0 Å². The maximum absolute atomic E-state index is 11.7. The summed E-state index contributed by atoms with van der Waals surface area (Å²) in [5.41, 5.74) is 0. The second-order valence-electron chi connectivity index (χ2n) is 5.39. The lowest BCUT2D eigenvalue weighted by Gasteiger charge is -2.17. The van der Waals surface area contributed by atoms with Crippen molar-refractivity contribution in [2.24, 2.45) is 11.8 Å². The van der Waals surface area contributed by atoms with Crippen LogP contribution in [0.1, 0.15) is 65.2 Å². The molecular formula is C15H26O3. The molecule has 0 aromatic heterocycles. The van der Waals surface area contributed by atoms with E-state index in [1.54, 1.807) is 0 Å². The summed E-state index contributed by atoms with van der Waals surface area (Å²) in [5.74, 6) is 0.849. The molecule has 0 amide bonds. The molecule has 1 fully saturated rings. The molecule has 3 nitrogen and oxygen atoms in total. The van der Waals surface area contributed by atoms with E-state index >= 15 is 0 Å². The normalized spacial score (nSPS) is 23.3. The largest absolute Gasteiger partial charge is 0.466 e. The van der Waals surface area contributed by atoms with Gasteiger partial charge in [-0.05, 0) is 24.7 Å². The number of carbonyl (C=O) groups is 2. The molecule has 0 N–H and O–H groups in total. The Labute approximate surface area is 110 Å². The van der Waals surface area contributed by atoms with Crippen LogP contribution in [0, 0.1) is 11.8 Å². The van der Waals surface area contributed by atoms with Crippen molar-refractivity contribution in [3.63, 3.8) is 0 Å². The number of ketones is 1. The molecule has 0 aromatic rings. The third-order valence-electron chi connectivity index (χ3n) is 3.76. The molecular weight excluding hydrogens is 228 g/mol. The second kappa shape index (κ2) is 8.28. The van der Waals surface area contributed by atoms with Crippen molar-refractivity contribution in [3.8, 4) is 0 Å². The lowest BCUT2D eigenvalue weighted by Crippen LogP contribution is -2.16. The fraction of sp³-hybridized carbons (Fsp3) is 0.867. The van der Waals surface area contributed by atoms with Crippen molar-refractivity contribution >= 4 is 11.8 Å². The summed E-state index contributed by atoms with van der Waals surface area (Å²) < 4.78 is 5.18. The molecule has 1 rings (SSSR count). The minimum Gasteiger partial charge on any atom is -0.466 e. The number of hydrogen-bond donors (Lipinski definition) is 0. The van der Waals surface area contributed by atoms with E-state index in [1.165, 1.54) is 0 Å². The van der Waals surface area contributed by atoms with Crippen molar-refractivity contribution < 1.29 is 14.3 Å². The van der Waals surface area contributed by atoms with Gasteiger partial charge in [-0.25, -0.2) is 0 Å². The first-order chi connectivity index (χ1) is 8.67. The van der Waals surface area contributed by atoms with E-state index in [-0.39, 0.29) is 11.9 Å². The Morgan fingerprint density at radius 1 is 1.17 bits per heavy atom. The Bertz CT molecular complexity index is 273. The van der Waals surface area contributed by atoms with Crippen LogP contribution in [0.4, 0.5) is 0 Å². The lowest BCUT2D eigenvalue weighted by molar-refractivity contribution is -0.145. The molecule has 2 atom stereocenters. The highest BCUT2D eigenvalue weighted by Gasteiger charge is 2.33. The molecule has 1 aliphatic rings. The minimum atomic E-state index is -0.121. The van der Waals surface area contributed by atoms with Crippen molar-refractivity contribution in [2.75, 3.05) is 6.61 Å². The zero-order valence-electron chi connectivity index (χ0n) is 11.7. The van der Waals surface area contributed by atoms with E-state index in [1.807, 2.05) is 0 Å². The number of Topliss-reactive ketones (excluding diaryl/α,β-unsaturated/α-hetero) is 1. The van der Waals surface area contributed by atoms with Gasteiger partial charge in [-0.3, -0.25) is 9.59 Å². The third kappa shape index (κ3) is 5.19. The van der Waals surface area contributed by atoms with Crippen LogP contribution in [0.15, 0.2) is 0 Å². The molecule has 18 heavy (non-hydrogen) atoms. The summed E-state index contributed by atoms with van der Waals surface area (Å²) in [6.45, 7) is 4.75. The highest BCUT2D eigenvalue weighted by atomic mass is 16.5. The van der Waals surface area contributed by atoms with Gasteiger partial charge in [-0.2, -0.15) is 0 Å². The molecule has 0 aromatic carbocycles. The van der Waals surface area contributed by atoms with E-state index in [0.717, 1.165) is 32.1 Å². The highest BCUT2D eigenvalue weighted by molar-refractivity contribution is 5.82. The van der Waals surface area contributed by atoms with Crippen molar-refractivity contribution in [3.05, 3.63) is 0 Å². The van der Waals surface area contributed by atoms with Gasteiger partial charge in [-0.1, -0.05) is 33.1 Å². The lowest BCUT2D eigenvalue weighted by atomic mass is 9.89. The molecule has 104 valence electrons. The fourth-order valence-electron chi connectivity index (χ4n) is 2.65. The van der Waals surface area contributed by atoms with Crippen LogP contribution < -0.4 is 0 Å². The van der Waals surface area contributed by atoms with Crippen LogP contribution in [-0.2, 0) is 14.3 Å². The monoisotopic (exact) mass is 254 g/mol. The molecule has 0 heterocycles. The third-order valence-corrected chi connectivity index (χ3v) is 3.76. The Hall–Kier alpha value is -0.860. The zero-order chi connectivity index (χ0) is 13.4. The van der Waals surface area contributed by atoms with E-state index < -0.39 is 0 Å². The average molecular weight is 254 g/mol. The quantitative estimate of drug-likeness (QED) is 0.492. The molecule has 2 unspecified atom stereocenters. The molecule has 1 aliphatic carbocycles. The molecule has 1 saturated carbocycles. The van der Waals surface area contributed by atoms with Gasteiger partial charge in [0.2, 0.25) is 0 Å². The van der Waals surface area contributed by atoms with Gasteiger partial charge >= 0.3 is 5.97 Å². The van der Waals surface area contributed by atoms with Crippen molar-refractivity contribution in [2.45, 2.75) is 65.2 Å². The number of esters is 1. The Morgan fingerprint density at radius 2 is 1.83 bits per heavy atom. The number of rotatable bonds is 8. The molecule has 3 heteroatoms. The zero-order valence-corrected chi connectivity index (χ0v) is 11.7. The molecule has 0 aliphatic heterocycles. The van der Waals surface area contributed by atoms with Crippen LogP contribution in [0.2, 0.25) is 0 Å². The molecule has 0 spiro atoms. The highest BCUT2D eigenvalue weighted by Crippen LogP contribution is 2.35. The van der Waals surface area contributed by atoms with Gasteiger partial charge < -0.3 is 4.74 Å². The Balaban J connectivity index is 2.33. The predicted molar refractivity (Wildman–Crippen MR) is 71.2 cm³/mol. The van der Waals surface area contributed by atoms with Gasteiger partial charge in [0, 0.05) is 19.3 Å². The second-order valence-corrected chi connectivity index (χ2v) is 5.39. The fourth-order valence-corrected chi connectivity index (χ4v) is 2.65. The number of carbonyl (C=O) groups excluding carboxylic acids is 2. The SMILES string of the molecule is CCCCOC(=O)CC1CC(=O)CC1CCCC. The predicted octanol–water partition coefficient (Wildman–Crippen LogP) is 3.51. The van der Waals surface area contributed by atoms with Crippen LogP contribution >= 0.6 is 0 Å². The van der Waals surface area contributed by atoms with E-state index in [0.29, 0.717) is 37.6 Å². The Morgan fingerprint density at radius 3 is 2.50 bits per heavy atom. The smallest absolute Gasteiger partial charge is 0.306 e. The van der Waals surface area contributed by atoms with Gasteiger partial charge in [0.1, 0.15) is 5.78 Å². The first kappa shape index (κ1) is 15.2. The number of hydrogen-bond acceptors (Lipinski definition) is 3. The number of unbranched alkanes of at least 4 members (excludes halogenated alkanes) is 2. The first-order valence-corrected chi connectivity index (χ1v) is 7.34. The van der Waals surface area contributed by atoms with Crippen LogP contribution in [0.25, 0.3) is 0 Å².